The van der Waals surface area contributed by atoms with E-state index in [1.54, 1.807) is 28.9 Å². The highest BCUT2D eigenvalue weighted by Gasteiger charge is 2.26. The number of fused-ring (bicyclic) bond motifs is 1. The molecule has 0 saturated carbocycles. The summed E-state index contributed by atoms with van der Waals surface area (Å²) in [7, 11) is 3.03. The summed E-state index contributed by atoms with van der Waals surface area (Å²) in [5, 5.41) is 2.92. The zero-order valence-corrected chi connectivity index (χ0v) is 19.9. The van der Waals surface area contributed by atoms with Gasteiger partial charge in [0.2, 0.25) is 5.91 Å². The first-order valence-electron chi connectivity index (χ1n) is 11.5. The van der Waals surface area contributed by atoms with Gasteiger partial charge >= 0.3 is 0 Å². The fourth-order valence-corrected chi connectivity index (χ4v) is 4.26. The maximum atomic E-state index is 13.2. The van der Waals surface area contributed by atoms with Crippen LogP contribution in [0.25, 0.3) is 0 Å². The number of methoxy groups -OCH3 is 2. The summed E-state index contributed by atoms with van der Waals surface area (Å²) in [6.45, 7) is 1.41. The molecule has 0 aliphatic carbocycles. The Balaban J connectivity index is 1.50. The van der Waals surface area contributed by atoms with Crippen LogP contribution in [0, 0.1) is 0 Å². The highest BCUT2D eigenvalue weighted by Crippen LogP contribution is 2.23. The third-order valence-corrected chi connectivity index (χ3v) is 6.17. The number of nitrogens with one attached hydrogen (secondary N) is 1. The summed E-state index contributed by atoms with van der Waals surface area (Å²) in [6.07, 6.45) is 2.78. The van der Waals surface area contributed by atoms with E-state index < -0.39 is 0 Å². The predicted molar refractivity (Wildman–Crippen MR) is 129 cm³/mol. The van der Waals surface area contributed by atoms with Crippen molar-refractivity contribution in [3.8, 4) is 11.5 Å². The lowest BCUT2D eigenvalue weighted by molar-refractivity contribution is -0.131. The largest absolute Gasteiger partial charge is 0.497 e. The fraction of sp³-hybridized carbons (Fsp3) is 0.346. The molecule has 184 valence electrons. The first-order chi connectivity index (χ1) is 17.0. The molecule has 0 bridgehead atoms. The second-order valence-electron chi connectivity index (χ2n) is 8.27. The molecule has 4 rings (SSSR count). The van der Waals surface area contributed by atoms with E-state index >= 15 is 0 Å². The quantitative estimate of drug-likeness (QED) is 0.532. The van der Waals surface area contributed by atoms with Crippen molar-refractivity contribution >= 4 is 11.8 Å². The van der Waals surface area contributed by atoms with Crippen LogP contribution in [-0.2, 0) is 30.7 Å². The average molecular weight is 480 g/mol. The topological polar surface area (TPSA) is 103 Å². The van der Waals surface area contributed by atoms with Crippen LogP contribution in [0.1, 0.15) is 33.8 Å². The molecule has 1 aliphatic rings. The first kappa shape index (κ1) is 24.1. The van der Waals surface area contributed by atoms with E-state index in [0.717, 1.165) is 17.1 Å². The lowest BCUT2D eigenvalue weighted by atomic mass is 10.1. The van der Waals surface area contributed by atoms with E-state index in [9.17, 15) is 14.4 Å². The van der Waals surface area contributed by atoms with Crippen LogP contribution in [0.5, 0.6) is 11.5 Å². The van der Waals surface area contributed by atoms with Gasteiger partial charge in [0.15, 0.2) is 0 Å². The van der Waals surface area contributed by atoms with Crippen molar-refractivity contribution in [2.45, 2.75) is 32.4 Å². The van der Waals surface area contributed by atoms with Crippen molar-refractivity contribution in [1.29, 1.82) is 0 Å². The zero-order valence-electron chi connectivity index (χ0n) is 19.9. The molecule has 3 aromatic rings. The second-order valence-corrected chi connectivity index (χ2v) is 8.27. The van der Waals surface area contributed by atoms with Crippen molar-refractivity contribution in [3.63, 3.8) is 0 Å². The molecule has 0 unspecified atom stereocenters. The summed E-state index contributed by atoms with van der Waals surface area (Å²) in [5.41, 5.74) is 1.55. The van der Waals surface area contributed by atoms with Gasteiger partial charge in [-0.25, -0.2) is 0 Å². The van der Waals surface area contributed by atoms with Crippen molar-refractivity contribution in [1.82, 2.24) is 14.8 Å². The number of carbonyl (C=O) groups is 2. The van der Waals surface area contributed by atoms with Gasteiger partial charge in [0.1, 0.15) is 22.8 Å². The Morgan fingerprint density at radius 3 is 2.54 bits per heavy atom. The average Bonchev–Trinajstić information content (AvgIpc) is 3.30. The molecule has 0 spiro atoms. The van der Waals surface area contributed by atoms with E-state index in [-0.39, 0.29) is 23.1 Å². The van der Waals surface area contributed by atoms with E-state index in [4.69, 9.17) is 13.9 Å². The van der Waals surface area contributed by atoms with Crippen LogP contribution >= 0.6 is 0 Å². The number of benzene rings is 1. The minimum atomic E-state index is -0.334. The maximum Gasteiger partial charge on any atom is 0.257 e. The van der Waals surface area contributed by atoms with Crippen molar-refractivity contribution < 1.29 is 23.5 Å². The van der Waals surface area contributed by atoms with Crippen molar-refractivity contribution in [3.05, 3.63) is 81.7 Å². The van der Waals surface area contributed by atoms with E-state index in [0.29, 0.717) is 56.7 Å². The molecule has 2 aromatic heterocycles. The van der Waals surface area contributed by atoms with Gasteiger partial charge in [-0.3, -0.25) is 14.4 Å². The number of hydrogen-bond donors (Lipinski definition) is 1. The minimum Gasteiger partial charge on any atom is -0.497 e. The third kappa shape index (κ3) is 5.56. The molecule has 3 heterocycles. The summed E-state index contributed by atoms with van der Waals surface area (Å²) >= 11 is 0. The number of ether oxygens (including phenoxy) is 2. The zero-order chi connectivity index (χ0) is 24.8. The van der Waals surface area contributed by atoms with Gasteiger partial charge in [-0.2, -0.15) is 0 Å². The summed E-state index contributed by atoms with van der Waals surface area (Å²) in [6, 6.07) is 12.4. The number of aryl methyl sites for hydroxylation is 1. The Morgan fingerprint density at radius 2 is 1.86 bits per heavy atom. The van der Waals surface area contributed by atoms with Crippen LogP contribution < -0.4 is 20.3 Å². The van der Waals surface area contributed by atoms with Crippen molar-refractivity contribution in [2.24, 2.45) is 0 Å². The predicted octanol–water partition coefficient (Wildman–Crippen LogP) is 2.41. The maximum absolute atomic E-state index is 13.2. The molecule has 1 aliphatic heterocycles. The SMILES string of the molecule is COc1ccc(CNC(=O)c2c(OC)cc(=O)n3c2CCN(C(=O)CCc2ccco2)CC3)cc1. The van der Waals surface area contributed by atoms with Crippen LogP contribution in [0.4, 0.5) is 0 Å². The first-order valence-corrected chi connectivity index (χ1v) is 11.5. The van der Waals surface area contributed by atoms with Crippen LogP contribution in [0.15, 0.2) is 57.9 Å². The van der Waals surface area contributed by atoms with E-state index in [1.165, 1.54) is 13.2 Å². The molecular weight excluding hydrogens is 450 g/mol. The summed E-state index contributed by atoms with van der Waals surface area (Å²) in [4.78, 5) is 40.6. The second kappa shape index (κ2) is 10.9. The highest BCUT2D eigenvalue weighted by molar-refractivity contribution is 5.98. The van der Waals surface area contributed by atoms with Gasteiger partial charge in [-0.05, 0) is 29.8 Å². The number of rotatable bonds is 8. The Hall–Kier alpha value is -4.01. The van der Waals surface area contributed by atoms with Gasteiger partial charge < -0.3 is 28.7 Å². The van der Waals surface area contributed by atoms with Gasteiger partial charge in [-0.1, -0.05) is 12.1 Å². The lowest BCUT2D eigenvalue weighted by Gasteiger charge is -2.19. The number of pyridine rings is 1. The normalized spacial score (nSPS) is 13.0. The van der Waals surface area contributed by atoms with Crippen LogP contribution in [0.2, 0.25) is 0 Å². The standard InChI is InChI=1S/C26H29N3O6/c1-33-19-7-5-18(6-8-19)17-27-26(32)25-21-11-12-28(23(30)10-9-20-4-3-15-35-20)13-14-29(21)24(31)16-22(25)34-2/h3-8,15-16H,9-14,17H2,1-2H3,(H,27,32). The minimum absolute atomic E-state index is 0.0141. The Labute approximate surface area is 203 Å². The summed E-state index contributed by atoms with van der Waals surface area (Å²) in [5.74, 6) is 1.37. The molecule has 9 heteroatoms. The fourth-order valence-electron chi connectivity index (χ4n) is 4.26. The number of carbonyl (C=O) groups excluding carboxylic acids is 2. The van der Waals surface area contributed by atoms with Crippen LogP contribution in [0.3, 0.4) is 0 Å². The third-order valence-electron chi connectivity index (χ3n) is 6.17. The Morgan fingerprint density at radius 1 is 1.06 bits per heavy atom. The molecule has 35 heavy (non-hydrogen) atoms. The summed E-state index contributed by atoms with van der Waals surface area (Å²) < 4.78 is 17.5. The van der Waals surface area contributed by atoms with Gasteiger partial charge in [0.05, 0.1) is 20.5 Å². The Kier molecular flexibility index (Phi) is 7.54. The molecule has 1 aromatic carbocycles. The van der Waals surface area contributed by atoms with Gasteiger partial charge in [-0.15, -0.1) is 0 Å². The monoisotopic (exact) mass is 479 g/mol. The number of aromatic nitrogens is 1. The number of hydrogen-bond acceptors (Lipinski definition) is 6. The van der Waals surface area contributed by atoms with Gasteiger partial charge in [0, 0.05) is 57.2 Å². The molecule has 9 nitrogen and oxygen atoms in total. The molecule has 0 fully saturated rings. The number of furan rings is 1. The molecule has 2 amide bonds. The van der Waals surface area contributed by atoms with E-state index in [1.807, 2.05) is 30.3 Å². The molecule has 0 atom stereocenters. The number of nitrogens with zero attached hydrogens (tertiary/aromatic N) is 2. The molecule has 1 N–H and O–H groups in total. The van der Waals surface area contributed by atoms with E-state index in [2.05, 4.69) is 5.32 Å². The van der Waals surface area contributed by atoms with Crippen LogP contribution in [-0.4, -0.2) is 48.6 Å². The smallest absolute Gasteiger partial charge is 0.257 e. The molecule has 0 saturated heterocycles. The van der Waals surface area contributed by atoms with Crippen molar-refractivity contribution in [2.75, 3.05) is 27.3 Å². The van der Waals surface area contributed by atoms with Gasteiger partial charge in [0.25, 0.3) is 11.5 Å². The molecular formula is C26H29N3O6. The molecule has 0 radical (unpaired) electrons. The Bertz CT molecular complexity index is 1230. The highest BCUT2D eigenvalue weighted by atomic mass is 16.5. The lowest BCUT2D eigenvalue weighted by Crippen LogP contribution is -2.34. The number of amides is 2.